The first-order valence-corrected chi connectivity index (χ1v) is 9.05. The number of ether oxygens (including phenoxy) is 1. The van der Waals surface area contributed by atoms with E-state index in [0.29, 0.717) is 28.8 Å². The van der Waals surface area contributed by atoms with E-state index in [-0.39, 0.29) is 18.0 Å². The fraction of sp³-hybridized carbons (Fsp3) is 0.300. The maximum atomic E-state index is 12.9. The molecule has 144 valence electrons. The van der Waals surface area contributed by atoms with Gasteiger partial charge in [0.05, 0.1) is 18.2 Å². The molecule has 1 amide bonds. The molecule has 0 saturated carbocycles. The highest BCUT2D eigenvalue weighted by Gasteiger charge is 2.20. The Morgan fingerprint density at radius 3 is 2.71 bits per heavy atom. The molecule has 1 aliphatic rings. The molecule has 0 unspecified atom stereocenters. The molecule has 0 bridgehead atoms. The van der Waals surface area contributed by atoms with Gasteiger partial charge in [-0.05, 0) is 43.7 Å². The third kappa shape index (κ3) is 3.06. The number of carbonyl (C=O) groups is 2. The average Bonchev–Trinajstić information content (AvgIpc) is 3.27. The van der Waals surface area contributed by atoms with E-state index in [0.717, 1.165) is 24.4 Å². The van der Waals surface area contributed by atoms with Crippen LogP contribution >= 0.6 is 0 Å². The second-order valence-corrected chi connectivity index (χ2v) is 6.81. The number of aromatic nitrogens is 3. The van der Waals surface area contributed by atoms with Crippen LogP contribution in [0.1, 0.15) is 28.3 Å². The van der Waals surface area contributed by atoms with Crippen molar-refractivity contribution in [2.45, 2.75) is 32.9 Å². The monoisotopic (exact) mass is 380 g/mol. The number of rotatable bonds is 4. The fourth-order valence-corrected chi connectivity index (χ4v) is 3.59. The molecule has 2 aromatic heterocycles. The lowest BCUT2D eigenvalue weighted by Gasteiger charge is -2.10. The minimum absolute atomic E-state index is 0.00432. The number of hydrogen-bond acceptors (Lipinski definition) is 5. The van der Waals surface area contributed by atoms with Gasteiger partial charge in [0.2, 0.25) is 5.91 Å². The molecule has 0 saturated heterocycles. The quantitative estimate of drug-likeness (QED) is 0.698. The summed E-state index contributed by atoms with van der Waals surface area (Å²) >= 11 is 0. The van der Waals surface area contributed by atoms with Crippen molar-refractivity contribution in [2.75, 3.05) is 12.4 Å². The van der Waals surface area contributed by atoms with Crippen LogP contribution in [0.25, 0.3) is 11.0 Å². The number of nitrogens with one attached hydrogen (secondary N) is 1. The van der Waals surface area contributed by atoms with Crippen molar-refractivity contribution in [3.8, 4) is 0 Å². The second-order valence-electron chi connectivity index (χ2n) is 6.81. The normalized spacial score (nSPS) is 12.8. The number of carbonyl (C=O) groups excluding carboxylic acids is 2. The number of esters is 1. The molecule has 8 heteroatoms. The molecule has 1 aliphatic heterocycles. The first-order valence-electron chi connectivity index (χ1n) is 9.05. The number of benzene rings is 1. The van der Waals surface area contributed by atoms with Crippen LogP contribution in [0.15, 0.2) is 35.1 Å². The van der Waals surface area contributed by atoms with Gasteiger partial charge in [-0.15, -0.1) is 0 Å². The Balaban J connectivity index is 1.58. The van der Waals surface area contributed by atoms with E-state index in [4.69, 9.17) is 0 Å². The molecule has 3 aromatic rings. The molecule has 3 heterocycles. The highest BCUT2D eigenvalue weighted by atomic mass is 16.5. The smallest absolute Gasteiger partial charge is 0.337 e. The summed E-state index contributed by atoms with van der Waals surface area (Å²) in [4.78, 5) is 41.5. The third-order valence-electron chi connectivity index (χ3n) is 4.97. The molecule has 28 heavy (non-hydrogen) atoms. The lowest BCUT2D eigenvalue weighted by molar-refractivity contribution is -0.116. The molecule has 0 spiro atoms. The summed E-state index contributed by atoms with van der Waals surface area (Å²) in [6.07, 6.45) is 1.72. The number of nitrogens with zero attached hydrogens (tertiary/aromatic N) is 3. The summed E-state index contributed by atoms with van der Waals surface area (Å²) < 4.78 is 8.06. The summed E-state index contributed by atoms with van der Waals surface area (Å²) in [6.45, 7) is 2.53. The standard InChI is InChI=1S/C20H20N4O4/c1-12-10-15-18(19(26)23-9-3-4-16(23)22-15)24(12)11-17(25)21-14-7-5-13(6-8-14)20(27)28-2/h5-8,10H,3-4,9,11H2,1-2H3,(H,21,25). The van der Waals surface area contributed by atoms with Crippen LogP contribution in [0.3, 0.4) is 0 Å². The first-order chi connectivity index (χ1) is 13.5. The van der Waals surface area contributed by atoms with E-state index in [2.05, 4.69) is 15.0 Å². The number of hydrogen-bond donors (Lipinski definition) is 1. The molecule has 0 radical (unpaired) electrons. The zero-order valence-corrected chi connectivity index (χ0v) is 15.7. The van der Waals surface area contributed by atoms with Gasteiger partial charge >= 0.3 is 5.97 Å². The SMILES string of the molecule is COC(=O)c1ccc(NC(=O)Cn2c(C)cc3nc4n(c(=O)c32)CCC4)cc1. The average molecular weight is 380 g/mol. The van der Waals surface area contributed by atoms with Crippen molar-refractivity contribution in [3.05, 3.63) is 57.8 Å². The number of fused-ring (bicyclic) bond motifs is 2. The largest absolute Gasteiger partial charge is 0.465 e. The van der Waals surface area contributed by atoms with E-state index in [1.165, 1.54) is 7.11 Å². The topological polar surface area (TPSA) is 95.2 Å². The van der Waals surface area contributed by atoms with Crippen molar-refractivity contribution in [1.82, 2.24) is 14.1 Å². The van der Waals surface area contributed by atoms with Crippen LogP contribution in [0, 0.1) is 6.92 Å². The number of anilines is 1. The Hall–Kier alpha value is -3.42. The maximum absolute atomic E-state index is 12.9. The summed E-state index contributed by atoms with van der Waals surface area (Å²) in [5.74, 6) is 0.105. The van der Waals surface area contributed by atoms with E-state index in [1.54, 1.807) is 33.4 Å². The highest BCUT2D eigenvalue weighted by molar-refractivity contribution is 5.93. The zero-order valence-electron chi connectivity index (χ0n) is 15.7. The second kappa shape index (κ2) is 6.95. The van der Waals surface area contributed by atoms with Crippen molar-refractivity contribution < 1.29 is 14.3 Å². The predicted molar refractivity (Wildman–Crippen MR) is 103 cm³/mol. The van der Waals surface area contributed by atoms with E-state index >= 15 is 0 Å². The highest BCUT2D eigenvalue weighted by Crippen LogP contribution is 2.19. The molecule has 0 atom stereocenters. The molecule has 4 rings (SSSR count). The van der Waals surface area contributed by atoms with Gasteiger partial charge in [0.15, 0.2) is 0 Å². The van der Waals surface area contributed by atoms with Gasteiger partial charge < -0.3 is 14.6 Å². The van der Waals surface area contributed by atoms with E-state index in [1.807, 2.05) is 13.0 Å². The summed E-state index contributed by atoms with van der Waals surface area (Å²) in [5, 5.41) is 2.79. The Bertz CT molecular complexity index is 1140. The van der Waals surface area contributed by atoms with Crippen molar-refractivity contribution in [1.29, 1.82) is 0 Å². The van der Waals surface area contributed by atoms with Gasteiger partial charge in [0, 0.05) is 24.3 Å². The van der Waals surface area contributed by atoms with Gasteiger partial charge in [-0.3, -0.25) is 14.2 Å². The minimum Gasteiger partial charge on any atom is -0.465 e. The van der Waals surface area contributed by atoms with Gasteiger partial charge in [-0.1, -0.05) is 0 Å². The first kappa shape index (κ1) is 18.0. The van der Waals surface area contributed by atoms with Gasteiger partial charge in [0.1, 0.15) is 17.9 Å². The third-order valence-corrected chi connectivity index (χ3v) is 4.97. The molecule has 0 aliphatic carbocycles. The van der Waals surface area contributed by atoms with Crippen molar-refractivity contribution >= 4 is 28.6 Å². The van der Waals surface area contributed by atoms with Gasteiger partial charge in [-0.2, -0.15) is 0 Å². The zero-order chi connectivity index (χ0) is 19.8. The predicted octanol–water partition coefficient (Wildman–Crippen LogP) is 1.88. The summed E-state index contributed by atoms with van der Waals surface area (Å²) in [5.41, 5.74) is 2.76. The lowest BCUT2D eigenvalue weighted by Crippen LogP contribution is -2.26. The van der Waals surface area contributed by atoms with Crippen LogP contribution in [0.5, 0.6) is 0 Å². The Kier molecular flexibility index (Phi) is 4.46. The van der Waals surface area contributed by atoms with E-state index in [9.17, 15) is 14.4 Å². The van der Waals surface area contributed by atoms with Crippen molar-refractivity contribution in [3.63, 3.8) is 0 Å². The number of amides is 1. The molecular weight excluding hydrogens is 360 g/mol. The Morgan fingerprint density at radius 1 is 1.25 bits per heavy atom. The van der Waals surface area contributed by atoms with Gasteiger partial charge in [0.25, 0.3) is 5.56 Å². The van der Waals surface area contributed by atoms with Crippen LogP contribution in [-0.4, -0.2) is 33.1 Å². The summed E-state index contributed by atoms with van der Waals surface area (Å²) in [7, 11) is 1.31. The molecular formula is C20H20N4O4. The van der Waals surface area contributed by atoms with E-state index < -0.39 is 5.97 Å². The van der Waals surface area contributed by atoms with Gasteiger partial charge in [-0.25, -0.2) is 9.78 Å². The van der Waals surface area contributed by atoms with Crippen LogP contribution in [0.4, 0.5) is 5.69 Å². The summed E-state index contributed by atoms with van der Waals surface area (Å²) in [6, 6.07) is 8.27. The van der Waals surface area contributed by atoms with Crippen LogP contribution in [-0.2, 0) is 29.0 Å². The van der Waals surface area contributed by atoms with Crippen LogP contribution < -0.4 is 10.9 Å². The Morgan fingerprint density at radius 2 is 2.00 bits per heavy atom. The molecule has 1 N–H and O–H groups in total. The van der Waals surface area contributed by atoms with Crippen LogP contribution in [0.2, 0.25) is 0 Å². The minimum atomic E-state index is -0.437. The lowest BCUT2D eigenvalue weighted by atomic mass is 10.2. The van der Waals surface area contributed by atoms with Crippen molar-refractivity contribution in [2.24, 2.45) is 0 Å². The number of aryl methyl sites for hydroxylation is 2. The maximum Gasteiger partial charge on any atom is 0.337 e. The number of methoxy groups -OCH3 is 1. The Labute approximate surface area is 160 Å². The fourth-order valence-electron chi connectivity index (χ4n) is 3.59. The molecule has 1 aromatic carbocycles. The molecule has 0 fully saturated rings. The molecule has 8 nitrogen and oxygen atoms in total.